The number of esters is 1. The molecule has 5 rings (SSSR count). The van der Waals surface area contributed by atoms with Crippen LogP contribution in [0.1, 0.15) is 92.9 Å². The van der Waals surface area contributed by atoms with E-state index in [9.17, 15) is 20.1 Å². The highest BCUT2D eigenvalue weighted by Crippen LogP contribution is 2.76. The van der Waals surface area contributed by atoms with Gasteiger partial charge < -0.3 is 24.8 Å². The fourth-order valence-corrected chi connectivity index (χ4v) is 9.41. The summed E-state index contributed by atoms with van der Waals surface area (Å²) in [6.45, 7) is 12.9. The Morgan fingerprint density at radius 1 is 1.17 bits per heavy atom. The van der Waals surface area contributed by atoms with Crippen molar-refractivity contribution < 1.29 is 29.6 Å². The molecule has 0 aromatic heterocycles. The van der Waals surface area contributed by atoms with Gasteiger partial charge in [0.1, 0.15) is 17.3 Å². The highest BCUT2D eigenvalue weighted by atomic mass is 16.6. The third kappa shape index (κ3) is 3.46. The zero-order valence-corrected chi connectivity index (χ0v) is 23.1. The molecule has 0 unspecified atom stereocenters. The molecule has 204 valence electrons. The molecule has 1 heterocycles. The molecule has 0 aromatic carbocycles. The molecule has 1 saturated heterocycles. The smallest absolute Gasteiger partial charge is 0.303 e. The van der Waals surface area contributed by atoms with Gasteiger partial charge in [0.05, 0.1) is 24.2 Å². The van der Waals surface area contributed by atoms with Crippen LogP contribution in [0.4, 0.5) is 0 Å². The molecule has 3 N–H and O–H groups in total. The molecule has 4 fully saturated rings. The van der Waals surface area contributed by atoms with Gasteiger partial charge in [0.25, 0.3) is 0 Å². The fraction of sp³-hybridized carbons (Fsp3) is 0.900. The summed E-state index contributed by atoms with van der Waals surface area (Å²) in [6, 6.07) is 0. The van der Waals surface area contributed by atoms with Crippen LogP contribution < -0.4 is 0 Å². The molecule has 3 saturated carbocycles. The predicted molar refractivity (Wildman–Crippen MR) is 137 cm³/mol. The lowest BCUT2D eigenvalue weighted by atomic mass is 9.44. The Kier molecular flexibility index (Phi) is 6.51. The maximum Gasteiger partial charge on any atom is 0.303 e. The van der Waals surface area contributed by atoms with E-state index in [1.165, 1.54) is 26.2 Å². The number of aliphatic hydroxyl groups excluding tert-OH is 2. The minimum Gasteiger partial charge on any atom is -0.455 e. The van der Waals surface area contributed by atoms with Gasteiger partial charge in [0, 0.05) is 13.3 Å². The van der Waals surface area contributed by atoms with Gasteiger partial charge >= 0.3 is 5.97 Å². The van der Waals surface area contributed by atoms with Gasteiger partial charge in [0.2, 0.25) is 0 Å². The van der Waals surface area contributed by atoms with Crippen LogP contribution in [0.5, 0.6) is 0 Å². The van der Waals surface area contributed by atoms with E-state index in [2.05, 4.69) is 34.6 Å². The quantitative estimate of drug-likeness (QED) is 0.270. The number of hydrogen-bond donors (Lipinski definition) is 3. The van der Waals surface area contributed by atoms with Crippen LogP contribution in [0, 0.1) is 40.4 Å². The Labute approximate surface area is 216 Å². The van der Waals surface area contributed by atoms with E-state index in [1.807, 2.05) is 6.08 Å². The summed E-state index contributed by atoms with van der Waals surface area (Å²) >= 11 is 0. The van der Waals surface area contributed by atoms with E-state index in [0.717, 1.165) is 24.3 Å². The van der Waals surface area contributed by atoms with Gasteiger partial charge in [-0.05, 0) is 78.8 Å². The largest absolute Gasteiger partial charge is 0.455 e. The summed E-state index contributed by atoms with van der Waals surface area (Å²) in [5.41, 5.74) is -2.03. The van der Waals surface area contributed by atoms with E-state index >= 15 is 0 Å². The Morgan fingerprint density at radius 2 is 1.89 bits per heavy atom. The molecule has 0 bridgehead atoms. The van der Waals surface area contributed by atoms with Crippen molar-refractivity contribution in [1.82, 2.24) is 0 Å². The average Bonchev–Trinajstić information content (AvgIpc) is 3.41. The first kappa shape index (κ1) is 26.6. The standard InChI is InChI=1S/C30H48O6/c1-17(2)18(3)7-8-19(4)22-9-10-23-24-13-25(35-20(5)32)29(34)14-21(33)11-12-28(29,16-31)30(24)26(36-30)15-27(22,23)6/h13,17-19,21-23,25-26,31,33-34H,7-12,14-16H2,1-6H3/t18-,19+,21-,22+,23-,25-,26+,27+,28+,29-,30-/m0/s1. The summed E-state index contributed by atoms with van der Waals surface area (Å²) in [7, 11) is 0. The summed E-state index contributed by atoms with van der Waals surface area (Å²) in [5.74, 6) is 2.46. The van der Waals surface area contributed by atoms with Gasteiger partial charge in [-0.2, -0.15) is 0 Å². The van der Waals surface area contributed by atoms with Gasteiger partial charge in [-0.1, -0.05) is 47.5 Å². The molecular weight excluding hydrogens is 456 g/mol. The lowest BCUT2D eigenvalue weighted by molar-refractivity contribution is -0.237. The Hall–Kier alpha value is -0.950. The Bertz CT molecular complexity index is 915. The number of hydrogen-bond acceptors (Lipinski definition) is 6. The summed E-state index contributed by atoms with van der Waals surface area (Å²) < 4.78 is 12.4. The second-order valence-electron chi connectivity index (χ2n) is 13.8. The monoisotopic (exact) mass is 504 g/mol. The molecule has 36 heavy (non-hydrogen) atoms. The highest BCUT2D eigenvalue weighted by molar-refractivity contribution is 5.67. The van der Waals surface area contributed by atoms with Crippen LogP contribution in [-0.4, -0.2) is 57.4 Å². The molecule has 4 aliphatic carbocycles. The molecule has 0 radical (unpaired) electrons. The number of rotatable bonds is 7. The zero-order valence-electron chi connectivity index (χ0n) is 23.1. The summed E-state index contributed by atoms with van der Waals surface area (Å²) in [5, 5.41) is 33.6. The number of ether oxygens (including phenoxy) is 2. The maximum atomic E-state index is 12.1. The molecule has 6 nitrogen and oxygen atoms in total. The molecule has 6 heteroatoms. The fourth-order valence-electron chi connectivity index (χ4n) is 9.41. The second-order valence-corrected chi connectivity index (χ2v) is 13.8. The van der Waals surface area contributed by atoms with Crippen molar-refractivity contribution in [2.45, 2.75) is 122 Å². The minimum atomic E-state index is -1.56. The molecule has 1 aliphatic heterocycles. The molecule has 1 spiro atoms. The first-order chi connectivity index (χ1) is 16.9. The number of carbonyl (C=O) groups excluding carboxylic acids is 1. The minimum absolute atomic E-state index is 0.0559. The molecule has 5 aliphatic rings. The predicted octanol–water partition coefficient (Wildman–Crippen LogP) is 4.39. The van der Waals surface area contributed by atoms with Gasteiger partial charge in [-0.25, -0.2) is 0 Å². The van der Waals surface area contributed by atoms with Gasteiger partial charge in [0.15, 0.2) is 0 Å². The number of fused-ring (bicyclic) bond motifs is 3. The third-order valence-electron chi connectivity index (χ3n) is 11.8. The van der Waals surface area contributed by atoms with Crippen molar-refractivity contribution in [1.29, 1.82) is 0 Å². The molecule has 0 aromatic rings. The SMILES string of the molecule is CC(=O)O[C@H]1C=C2[C@@H]3CC[C@H]([C@H](C)CC[C@H](C)C(C)C)[C@@]3(C)C[C@H]3O[C@@]23[C@@]2(CO)CC[C@H](O)C[C@]12O. The van der Waals surface area contributed by atoms with Crippen LogP contribution in [0.3, 0.4) is 0 Å². The van der Waals surface area contributed by atoms with E-state index in [4.69, 9.17) is 9.47 Å². The number of aliphatic hydroxyl groups is 3. The zero-order chi connectivity index (χ0) is 26.3. The normalized spacial score (nSPS) is 48.7. The van der Waals surface area contributed by atoms with Gasteiger partial charge in [-0.3, -0.25) is 4.79 Å². The maximum absolute atomic E-state index is 12.1. The van der Waals surface area contributed by atoms with Crippen molar-refractivity contribution >= 4 is 5.97 Å². The number of carbonyl (C=O) groups is 1. The second kappa shape index (κ2) is 8.79. The highest BCUT2D eigenvalue weighted by Gasteiger charge is 2.83. The van der Waals surface area contributed by atoms with Crippen LogP contribution in [0.25, 0.3) is 0 Å². The van der Waals surface area contributed by atoms with Crippen LogP contribution >= 0.6 is 0 Å². The Balaban J connectivity index is 1.51. The molecule has 11 atom stereocenters. The molecule has 0 amide bonds. The van der Waals surface area contributed by atoms with Crippen LogP contribution in [0.15, 0.2) is 11.6 Å². The summed E-state index contributed by atoms with van der Waals surface area (Å²) in [4.78, 5) is 12.1. The van der Waals surface area contributed by atoms with Crippen molar-refractivity contribution in [3.05, 3.63) is 11.6 Å². The number of epoxide rings is 1. The topological polar surface area (TPSA) is 99.5 Å². The van der Waals surface area contributed by atoms with Crippen molar-refractivity contribution in [3.8, 4) is 0 Å². The van der Waals surface area contributed by atoms with Crippen LogP contribution in [0.2, 0.25) is 0 Å². The Morgan fingerprint density at radius 3 is 2.53 bits per heavy atom. The van der Waals surface area contributed by atoms with E-state index < -0.39 is 34.8 Å². The average molecular weight is 505 g/mol. The van der Waals surface area contributed by atoms with Crippen molar-refractivity contribution in [2.75, 3.05) is 6.61 Å². The van der Waals surface area contributed by atoms with E-state index in [-0.39, 0.29) is 30.5 Å². The van der Waals surface area contributed by atoms with E-state index in [1.54, 1.807) is 0 Å². The first-order valence-corrected chi connectivity index (χ1v) is 14.4. The van der Waals surface area contributed by atoms with Crippen molar-refractivity contribution in [3.63, 3.8) is 0 Å². The lowest BCUT2D eigenvalue weighted by Gasteiger charge is -2.61. The summed E-state index contributed by atoms with van der Waals surface area (Å²) in [6.07, 6.45) is 6.99. The third-order valence-corrected chi connectivity index (χ3v) is 11.8. The van der Waals surface area contributed by atoms with E-state index in [0.29, 0.717) is 30.6 Å². The molecular formula is C30H48O6. The first-order valence-electron chi connectivity index (χ1n) is 14.4. The van der Waals surface area contributed by atoms with Gasteiger partial charge in [-0.15, -0.1) is 0 Å². The lowest BCUT2D eigenvalue weighted by Crippen LogP contribution is -2.72. The van der Waals surface area contributed by atoms with Crippen LogP contribution in [-0.2, 0) is 14.3 Å². The van der Waals surface area contributed by atoms with Crippen molar-refractivity contribution in [2.24, 2.45) is 40.4 Å².